The Morgan fingerprint density at radius 2 is 2.00 bits per heavy atom. The zero-order valence-corrected chi connectivity index (χ0v) is 15.4. The van der Waals surface area contributed by atoms with Crippen molar-refractivity contribution in [2.24, 2.45) is 5.92 Å². The van der Waals surface area contributed by atoms with Crippen LogP contribution in [0, 0.1) is 5.92 Å². The van der Waals surface area contributed by atoms with Gasteiger partial charge in [-0.2, -0.15) is 0 Å². The van der Waals surface area contributed by atoms with E-state index < -0.39 is 0 Å². The number of halogens is 2. The van der Waals surface area contributed by atoms with Gasteiger partial charge in [0.25, 0.3) is 0 Å². The molecule has 5 nitrogen and oxygen atoms in total. The summed E-state index contributed by atoms with van der Waals surface area (Å²) in [4.78, 5) is 16.3. The molecular formula is C17H26Cl2N4O. The molecule has 2 N–H and O–H groups in total. The second kappa shape index (κ2) is 10.5. The monoisotopic (exact) mass is 372 g/mol. The van der Waals surface area contributed by atoms with Gasteiger partial charge in [-0.1, -0.05) is 12.1 Å². The van der Waals surface area contributed by atoms with Crippen molar-refractivity contribution in [1.82, 2.24) is 20.2 Å². The second-order valence-corrected chi connectivity index (χ2v) is 6.01. The third-order valence-corrected chi connectivity index (χ3v) is 4.44. The summed E-state index contributed by atoms with van der Waals surface area (Å²) in [6, 6.07) is 8.06. The van der Waals surface area contributed by atoms with E-state index in [2.05, 4.69) is 26.3 Å². The molecule has 134 valence electrons. The Balaban J connectivity index is 0.00000144. The lowest BCUT2D eigenvalue weighted by molar-refractivity contribution is -0.121. The SMILES string of the molecule is Cl.Cl.O=C(CCC1CCNCC1)NCCn1cnc2ccccc21. The van der Waals surface area contributed by atoms with Crippen molar-refractivity contribution >= 4 is 41.8 Å². The Morgan fingerprint density at radius 3 is 2.79 bits per heavy atom. The van der Waals surface area contributed by atoms with E-state index in [4.69, 9.17) is 0 Å². The van der Waals surface area contributed by atoms with Crippen LogP contribution >= 0.6 is 24.8 Å². The number of nitrogens with one attached hydrogen (secondary N) is 2. The first-order valence-electron chi connectivity index (χ1n) is 8.20. The fourth-order valence-corrected chi connectivity index (χ4v) is 3.10. The van der Waals surface area contributed by atoms with E-state index in [0.29, 0.717) is 18.9 Å². The summed E-state index contributed by atoms with van der Waals surface area (Å²) in [5, 5.41) is 6.38. The van der Waals surface area contributed by atoms with Crippen LogP contribution in [0.4, 0.5) is 0 Å². The van der Waals surface area contributed by atoms with Gasteiger partial charge in [-0.25, -0.2) is 4.98 Å². The minimum absolute atomic E-state index is 0. The number of benzene rings is 1. The highest BCUT2D eigenvalue weighted by Crippen LogP contribution is 2.17. The number of rotatable bonds is 6. The molecule has 0 spiro atoms. The minimum atomic E-state index is 0. The van der Waals surface area contributed by atoms with Crippen molar-refractivity contribution in [1.29, 1.82) is 0 Å². The Bertz CT molecular complexity index is 626. The smallest absolute Gasteiger partial charge is 0.220 e. The molecular weight excluding hydrogens is 347 g/mol. The van der Waals surface area contributed by atoms with Crippen molar-refractivity contribution in [3.05, 3.63) is 30.6 Å². The standard InChI is InChI=1S/C17H24N4O.2ClH/c22-17(6-5-14-7-9-18-10-8-14)19-11-12-21-13-20-15-3-1-2-4-16(15)21;;/h1-4,13-14,18H,5-12H2,(H,19,22);2*1H. The average molecular weight is 373 g/mol. The van der Waals surface area contributed by atoms with Crippen molar-refractivity contribution in [2.45, 2.75) is 32.2 Å². The molecule has 1 aromatic carbocycles. The van der Waals surface area contributed by atoms with Crippen molar-refractivity contribution < 1.29 is 4.79 Å². The number of para-hydroxylation sites is 2. The van der Waals surface area contributed by atoms with Gasteiger partial charge in [0.05, 0.1) is 17.4 Å². The zero-order chi connectivity index (χ0) is 15.2. The molecule has 0 bridgehead atoms. The molecule has 0 atom stereocenters. The molecule has 3 rings (SSSR count). The highest BCUT2D eigenvalue weighted by molar-refractivity contribution is 5.85. The second-order valence-electron chi connectivity index (χ2n) is 6.01. The summed E-state index contributed by atoms with van der Waals surface area (Å²) in [6.07, 6.45) is 5.91. The van der Waals surface area contributed by atoms with E-state index in [1.807, 2.05) is 24.5 Å². The van der Waals surface area contributed by atoms with Gasteiger partial charge in [0.15, 0.2) is 0 Å². The van der Waals surface area contributed by atoms with E-state index in [1.54, 1.807) is 0 Å². The molecule has 0 aliphatic carbocycles. The average Bonchev–Trinajstić information content (AvgIpc) is 2.97. The van der Waals surface area contributed by atoms with Gasteiger partial charge in [-0.05, 0) is 50.4 Å². The predicted molar refractivity (Wildman–Crippen MR) is 102 cm³/mol. The first-order valence-corrected chi connectivity index (χ1v) is 8.20. The molecule has 2 aromatic rings. The summed E-state index contributed by atoms with van der Waals surface area (Å²) < 4.78 is 2.09. The lowest BCUT2D eigenvalue weighted by Gasteiger charge is -2.22. The molecule has 0 unspecified atom stereocenters. The quantitative estimate of drug-likeness (QED) is 0.819. The first kappa shape index (κ1) is 20.7. The summed E-state index contributed by atoms with van der Waals surface area (Å²) in [7, 11) is 0. The van der Waals surface area contributed by atoms with Gasteiger partial charge in [-0.3, -0.25) is 4.79 Å². The number of nitrogens with zero attached hydrogens (tertiary/aromatic N) is 2. The Kier molecular flexibility index (Phi) is 9.11. The molecule has 2 heterocycles. The maximum atomic E-state index is 11.9. The summed E-state index contributed by atoms with van der Waals surface area (Å²) in [5.41, 5.74) is 2.12. The predicted octanol–water partition coefficient (Wildman–Crippen LogP) is 2.78. The van der Waals surface area contributed by atoms with Crippen LogP contribution in [0.5, 0.6) is 0 Å². The van der Waals surface area contributed by atoms with Crippen LogP contribution in [0.3, 0.4) is 0 Å². The van der Waals surface area contributed by atoms with Crippen molar-refractivity contribution in [3.63, 3.8) is 0 Å². The summed E-state index contributed by atoms with van der Waals surface area (Å²) >= 11 is 0. The molecule has 1 saturated heterocycles. The lowest BCUT2D eigenvalue weighted by atomic mass is 9.93. The molecule has 1 aromatic heterocycles. The Labute approximate surface area is 155 Å². The number of hydrogen-bond acceptors (Lipinski definition) is 3. The van der Waals surface area contributed by atoms with Crippen LogP contribution in [0.15, 0.2) is 30.6 Å². The van der Waals surface area contributed by atoms with E-state index in [9.17, 15) is 4.79 Å². The first-order chi connectivity index (χ1) is 10.8. The molecule has 0 radical (unpaired) electrons. The van der Waals surface area contributed by atoms with Crippen LogP contribution in [-0.2, 0) is 11.3 Å². The number of carbonyl (C=O) groups is 1. The Morgan fingerprint density at radius 1 is 1.25 bits per heavy atom. The topological polar surface area (TPSA) is 59.0 Å². The number of carbonyl (C=O) groups excluding carboxylic acids is 1. The van der Waals surface area contributed by atoms with Crippen LogP contribution < -0.4 is 10.6 Å². The maximum absolute atomic E-state index is 11.9. The third-order valence-electron chi connectivity index (χ3n) is 4.44. The fourth-order valence-electron chi connectivity index (χ4n) is 3.10. The van der Waals surface area contributed by atoms with Gasteiger partial charge >= 0.3 is 0 Å². The molecule has 1 aliphatic heterocycles. The molecule has 1 fully saturated rings. The number of amides is 1. The minimum Gasteiger partial charge on any atom is -0.354 e. The zero-order valence-electron chi connectivity index (χ0n) is 13.7. The normalized spacial score (nSPS) is 14.7. The van der Waals surface area contributed by atoms with Gasteiger partial charge in [0.2, 0.25) is 5.91 Å². The highest BCUT2D eigenvalue weighted by atomic mass is 35.5. The van der Waals surface area contributed by atoms with Crippen LogP contribution in [-0.4, -0.2) is 35.1 Å². The summed E-state index contributed by atoms with van der Waals surface area (Å²) in [6.45, 7) is 3.62. The number of aromatic nitrogens is 2. The van der Waals surface area contributed by atoms with Crippen LogP contribution in [0.25, 0.3) is 11.0 Å². The Hall–Kier alpha value is -1.30. The number of imidazole rings is 1. The van der Waals surface area contributed by atoms with Gasteiger partial charge < -0.3 is 15.2 Å². The van der Waals surface area contributed by atoms with E-state index in [0.717, 1.165) is 37.1 Å². The maximum Gasteiger partial charge on any atom is 0.220 e. The molecule has 7 heteroatoms. The summed E-state index contributed by atoms with van der Waals surface area (Å²) in [5.74, 6) is 0.882. The molecule has 24 heavy (non-hydrogen) atoms. The number of fused-ring (bicyclic) bond motifs is 1. The number of piperidine rings is 1. The van der Waals surface area contributed by atoms with Gasteiger partial charge in [0, 0.05) is 19.5 Å². The van der Waals surface area contributed by atoms with Crippen molar-refractivity contribution in [3.8, 4) is 0 Å². The van der Waals surface area contributed by atoms with Gasteiger partial charge in [0.1, 0.15) is 0 Å². The fraction of sp³-hybridized carbons (Fsp3) is 0.529. The highest BCUT2D eigenvalue weighted by Gasteiger charge is 2.14. The van der Waals surface area contributed by atoms with E-state index in [1.165, 1.54) is 12.8 Å². The van der Waals surface area contributed by atoms with Crippen molar-refractivity contribution in [2.75, 3.05) is 19.6 Å². The van der Waals surface area contributed by atoms with Crippen LogP contribution in [0.2, 0.25) is 0 Å². The third kappa shape index (κ3) is 5.65. The molecule has 1 aliphatic rings. The number of hydrogen-bond donors (Lipinski definition) is 2. The van der Waals surface area contributed by atoms with E-state index >= 15 is 0 Å². The lowest BCUT2D eigenvalue weighted by Crippen LogP contribution is -2.30. The largest absolute Gasteiger partial charge is 0.354 e. The molecule has 0 saturated carbocycles. The molecule has 1 amide bonds. The van der Waals surface area contributed by atoms with Crippen LogP contribution in [0.1, 0.15) is 25.7 Å². The van der Waals surface area contributed by atoms with E-state index in [-0.39, 0.29) is 30.7 Å². The van der Waals surface area contributed by atoms with Gasteiger partial charge in [-0.15, -0.1) is 24.8 Å².